The Labute approximate surface area is 459 Å². The Morgan fingerprint density at radius 3 is 1.10 bits per heavy atom. The van der Waals surface area contributed by atoms with E-state index in [-0.39, 0.29) is 58.4 Å². The number of halogens is 10. The van der Waals surface area contributed by atoms with E-state index in [1.165, 1.54) is 61.4 Å². The van der Waals surface area contributed by atoms with Crippen LogP contribution in [0.3, 0.4) is 0 Å². The van der Waals surface area contributed by atoms with Crippen LogP contribution in [-0.4, -0.2) is 25.6 Å². The van der Waals surface area contributed by atoms with Gasteiger partial charge >= 0.3 is 12.4 Å². The van der Waals surface area contributed by atoms with Crippen molar-refractivity contribution in [1.82, 2.24) is 0 Å². The van der Waals surface area contributed by atoms with Crippen LogP contribution in [0, 0.1) is 11.8 Å². The molecule has 0 saturated heterocycles. The van der Waals surface area contributed by atoms with E-state index in [1.807, 2.05) is 0 Å². The summed E-state index contributed by atoms with van der Waals surface area (Å²) in [5, 5.41) is 0. The maximum atomic E-state index is 17.9. The molecule has 79 heavy (non-hydrogen) atoms. The van der Waals surface area contributed by atoms with Crippen LogP contribution in [0.5, 0.6) is 11.5 Å². The lowest BCUT2D eigenvalue weighted by molar-refractivity contribution is -0.177. The van der Waals surface area contributed by atoms with Gasteiger partial charge in [-0.15, -0.1) is 0 Å². The number of benzene rings is 6. The lowest BCUT2D eigenvalue weighted by atomic mass is 9.77. The Hall–Kier alpha value is -5.66. The van der Waals surface area contributed by atoms with Crippen LogP contribution in [-0.2, 0) is 47.4 Å². The topological polar surface area (TPSA) is 27.7 Å². The number of hydrogen-bond donors (Lipinski definition) is 0. The summed E-state index contributed by atoms with van der Waals surface area (Å²) in [6.07, 6.45) is 4.82. The van der Waals surface area contributed by atoms with Crippen molar-refractivity contribution in [3.05, 3.63) is 200 Å². The van der Waals surface area contributed by atoms with E-state index in [0.29, 0.717) is 23.0 Å². The van der Waals surface area contributed by atoms with E-state index >= 15 is 17.6 Å². The zero-order chi connectivity index (χ0) is 56.2. The molecule has 0 N–H and O–H groups in total. The van der Waals surface area contributed by atoms with E-state index in [0.717, 1.165) is 88.2 Å². The number of hydrogen-bond acceptors (Lipinski definition) is 3. The molecule has 0 bridgehead atoms. The van der Waals surface area contributed by atoms with Crippen molar-refractivity contribution < 1.29 is 58.1 Å². The van der Waals surface area contributed by atoms with Gasteiger partial charge in [-0.25, -0.2) is 0 Å². The first-order valence-corrected chi connectivity index (χ1v) is 28.1. The molecule has 13 heteroatoms. The molecule has 2 fully saturated rings. The van der Waals surface area contributed by atoms with Gasteiger partial charge in [0.2, 0.25) is 0 Å². The first kappa shape index (κ1) is 59.5. The Kier molecular flexibility index (Phi) is 20.1. The highest BCUT2D eigenvalue weighted by atomic mass is 19.4. The van der Waals surface area contributed by atoms with Crippen molar-refractivity contribution in [2.24, 2.45) is 11.8 Å². The summed E-state index contributed by atoms with van der Waals surface area (Å²) in [4.78, 5) is 0. The Morgan fingerprint density at radius 1 is 0.418 bits per heavy atom. The second-order valence-electron chi connectivity index (χ2n) is 21.9. The Balaban J connectivity index is 1.24. The third-order valence-corrected chi connectivity index (χ3v) is 16.2. The summed E-state index contributed by atoms with van der Waals surface area (Å²) < 4.78 is 170. The van der Waals surface area contributed by atoms with Gasteiger partial charge in [0.15, 0.2) is 0 Å². The fourth-order valence-electron chi connectivity index (χ4n) is 12.0. The summed E-state index contributed by atoms with van der Waals surface area (Å²) in [7, 11) is 0. The summed E-state index contributed by atoms with van der Waals surface area (Å²) in [5.41, 5.74) is -0.0214. The van der Waals surface area contributed by atoms with Crippen LogP contribution in [0.15, 0.2) is 133 Å². The standard InChI is InChI=1S/C66H72F10O3/c1-3-5-13-45-19-23-49(24-20-45)51-27-33-55(34-28-51)65(73,74)61-53(41-77-43-63(67,68)69)31-37-59(57(61)39-47-15-9-7-10-16-47)79-60-38-32-54(42-78-44-64(70,71)72)62(58(60)40-48-17-11-8-12-18-48)66(75,76)56-35-29-52(30-36-56)50-25-21-46(22-26-50)14-6-4-2/h7-12,15-18,27-38,45-46,49-50H,3-6,13-14,19-26,39-44H2,1-2H3. The van der Waals surface area contributed by atoms with Gasteiger partial charge in [-0.1, -0.05) is 174 Å². The number of rotatable bonds is 24. The molecule has 2 aliphatic rings. The molecule has 0 unspecified atom stereocenters. The number of ether oxygens (including phenoxy) is 3. The molecule has 424 valence electrons. The van der Waals surface area contributed by atoms with Gasteiger partial charge in [0, 0.05) is 46.2 Å². The zero-order valence-electron chi connectivity index (χ0n) is 45.2. The fourth-order valence-corrected chi connectivity index (χ4v) is 12.0. The van der Waals surface area contributed by atoms with Crippen LogP contribution < -0.4 is 4.74 Å². The van der Waals surface area contributed by atoms with Gasteiger partial charge in [-0.2, -0.15) is 43.9 Å². The summed E-state index contributed by atoms with van der Waals surface area (Å²) in [5.74, 6) is -6.51. The van der Waals surface area contributed by atoms with Crippen molar-refractivity contribution in [2.75, 3.05) is 13.2 Å². The van der Waals surface area contributed by atoms with Crippen molar-refractivity contribution >= 4 is 0 Å². The van der Waals surface area contributed by atoms with E-state index < -0.39 is 72.9 Å². The monoisotopic (exact) mass is 1100 g/mol. The highest BCUT2D eigenvalue weighted by Crippen LogP contribution is 2.49. The summed E-state index contributed by atoms with van der Waals surface area (Å²) in [6, 6.07) is 34.4. The lowest BCUT2D eigenvalue weighted by Gasteiger charge is -2.30. The molecule has 3 nitrogen and oxygen atoms in total. The Morgan fingerprint density at radius 2 is 0.772 bits per heavy atom. The van der Waals surface area contributed by atoms with Crippen molar-refractivity contribution in [3.63, 3.8) is 0 Å². The minimum Gasteiger partial charge on any atom is -0.457 e. The predicted molar refractivity (Wildman–Crippen MR) is 290 cm³/mol. The number of unbranched alkanes of at least 4 members (excludes halogenated alkanes) is 2. The first-order chi connectivity index (χ1) is 37.8. The quantitative estimate of drug-likeness (QED) is 0.0565. The fraction of sp³-hybridized carbons (Fsp3) is 0.455. The van der Waals surface area contributed by atoms with Crippen molar-refractivity contribution in [3.8, 4) is 11.5 Å². The molecular formula is C66H72F10O3. The molecule has 0 amide bonds. The van der Waals surface area contributed by atoms with Gasteiger partial charge in [-0.3, -0.25) is 0 Å². The SMILES string of the molecule is CCCCC1CCC(c2ccc(C(F)(F)c3c(COCC(F)(F)F)ccc(Oc4ccc(COCC(F)(F)F)c(C(F)(F)c5ccc(C6CCC(CCCC)CC6)cc5)c4Cc4ccccc4)c3Cc3ccccc3)cc2)CC1. The molecule has 6 aromatic rings. The predicted octanol–water partition coefficient (Wildman–Crippen LogP) is 20.0. The molecule has 0 aliphatic heterocycles. The van der Waals surface area contributed by atoms with Crippen molar-refractivity contribution in [1.29, 1.82) is 0 Å². The van der Waals surface area contributed by atoms with Crippen LogP contribution in [0.1, 0.15) is 182 Å². The van der Waals surface area contributed by atoms with Crippen LogP contribution in [0.2, 0.25) is 0 Å². The molecule has 2 saturated carbocycles. The van der Waals surface area contributed by atoms with Gasteiger partial charge in [-0.05, 0) is 121 Å². The highest BCUT2D eigenvalue weighted by Gasteiger charge is 2.43. The minimum atomic E-state index is -4.77. The third kappa shape index (κ3) is 15.8. The second kappa shape index (κ2) is 26.7. The molecule has 6 aromatic carbocycles. The smallest absolute Gasteiger partial charge is 0.411 e. The van der Waals surface area contributed by atoms with E-state index in [9.17, 15) is 26.3 Å². The molecule has 0 spiro atoms. The lowest BCUT2D eigenvalue weighted by Crippen LogP contribution is -2.24. The second-order valence-corrected chi connectivity index (χ2v) is 21.9. The van der Waals surface area contributed by atoms with Gasteiger partial charge in [0.05, 0.1) is 13.2 Å². The van der Waals surface area contributed by atoms with Gasteiger partial charge in [0.25, 0.3) is 11.8 Å². The van der Waals surface area contributed by atoms with Gasteiger partial charge < -0.3 is 14.2 Å². The van der Waals surface area contributed by atoms with E-state index in [4.69, 9.17) is 14.2 Å². The van der Waals surface area contributed by atoms with Crippen LogP contribution in [0.4, 0.5) is 43.9 Å². The summed E-state index contributed by atoms with van der Waals surface area (Å²) >= 11 is 0. The largest absolute Gasteiger partial charge is 0.457 e. The van der Waals surface area contributed by atoms with Gasteiger partial charge in [0.1, 0.15) is 24.7 Å². The average Bonchev–Trinajstić information content (AvgIpc) is 3.58. The van der Waals surface area contributed by atoms with E-state index in [1.54, 1.807) is 84.9 Å². The first-order valence-electron chi connectivity index (χ1n) is 28.1. The average molecular weight is 1100 g/mol. The Bertz CT molecular complexity index is 2640. The third-order valence-electron chi connectivity index (χ3n) is 16.2. The molecule has 0 aromatic heterocycles. The number of alkyl halides is 10. The maximum Gasteiger partial charge on any atom is 0.411 e. The molecule has 0 atom stereocenters. The minimum absolute atomic E-state index is 0.134. The molecule has 0 heterocycles. The van der Waals surface area contributed by atoms with Crippen LogP contribution in [0.25, 0.3) is 0 Å². The maximum absolute atomic E-state index is 17.9. The van der Waals surface area contributed by atoms with Crippen LogP contribution >= 0.6 is 0 Å². The van der Waals surface area contributed by atoms with Crippen molar-refractivity contribution in [2.45, 2.75) is 166 Å². The zero-order valence-corrected chi connectivity index (χ0v) is 45.2. The molecule has 2 aliphatic carbocycles. The molecule has 0 radical (unpaired) electrons. The molecule has 8 rings (SSSR count). The normalized spacial score (nSPS) is 18.4. The van der Waals surface area contributed by atoms with E-state index in [2.05, 4.69) is 13.8 Å². The summed E-state index contributed by atoms with van der Waals surface area (Å²) in [6.45, 7) is -0.783. The molecular weight excluding hydrogens is 1030 g/mol. The highest BCUT2D eigenvalue weighted by molar-refractivity contribution is 5.58.